The number of rotatable bonds is 8. The van der Waals surface area contributed by atoms with E-state index in [2.05, 4.69) is 15.5 Å². The second kappa shape index (κ2) is 8.06. The Kier molecular flexibility index (Phi) is 6.32. The van der Waals surface area contributed by atoms with E-state index in [1.54, 1.807) is 0 Å². The zero-order valence-corrected chi connectivity index (χ0v) is 11.2. The average Bonchev–Trinajstić information content (AvgIpc) is 2.31. The van der Waals surface area contributed by atoms with Crippen LogP contribution in [0.25, 0.3) is 0 Å². The summed E-state index contributed by atoms with van der Waals surface area (Å²) in [6, 6.07) is 0. The number of piperazine rings is 1. The van der Waals surface area contributed by atoms with Crippen LogP contribution in [0.15, 0.2) is 0 Å². The third-order valence-corrected chi connectivity index (χ3v) is 4.24. The Hall–Kier alpha value is -0.120. The maximum Gasteiger partial charge on any atom is 0.0107 e. The number of hydrogen-bond acceptors (Lipinski definition) is 3. The maximum atomic E-state index is 3.59. The van der Waals surface area contributed by atoms with E-state index in [1.807, 2.05) is 0 Å². The summed E-state index contributed by atoms with van der Waals surface area (Å²) in [5, 5.41) is 6.99. The zero-order valence-electron chi connectivity index (χ0n) is 11.2. The molecule has 1 heterocycles. The molecule has 3 nitrogen and oxygen atoms in total. The van der Waals surface area contributed by atoms with Crippen molar-refractivity contribution in [3.63, 3.8) is 0 Å². The van der Waals surface area contributed by atoms with Crippen LogP contribution in [0.2, 0.25) is 0 Å². The monoisotopic (exact) mass is 239 g/mol. The molecule has 1 aliphatic heterocycles. The highest BCUT2D eigenvalue weighted by Gasteiger charge is 2.16. The molecule has 0 unspecified atom stereocenters. The zero-order chi connectivity index (χ0) is 11.8. The van der Waals surface area contributed by atoms with Crippen molar-refractivity contribution in [3.05, 3.63) is 0 Å². The molecule has 1 aliphatic carbocycles. The molecule has 0 aromatic heterocycles. The molecule has 2 fully saturated rings. The molecule has 2 rings (SSSR count). The van der Waals surface area contributed by atoms with E-state index in [1.165, 1.54) is 84.3 Å². The molecule has 1 saturated carbocycles. The second-order valence-corrected chi connectivity index (χ2v) is 5.63. The van der Waals surface area contributed by atoms with Gasteiger partial charge in [-0.2, -0.15) is 0 Å². The minimum absolute atomic E-state index is 1.06. The molecular weight excluding hydrogens is 210 g/mol. The summed E-state index contributed by atoms with van der Waals surface area (Å²) in [5.41, 5.74) is 0. The van der Waals surface area contributed by atoms with Crippen LogP contribution < -0.4 is 10.6 Å². The molecule has 2 N–H and O–H groups in total. The number of hydrogen-bond donors (Lipinski definition) is 2. The van der Waals surface area contributed by atoms with Gasteiger partial charge in [-0.1, -0.05) is 19.3 Å². The van der Waals surface area contributed by atoms with E-state index in [9.17, 15) is 0 Å². The van der Waals surface area contributed by atoms with Gasteiger partial charge in [0.2, 0.25) is 0 Å². The van der Waals surface area contributed by atoms with Crippen LogP contribution in [0.1, 0.15) is 38.5 Å². The topological polar surface area (TPSA) is 27.3 Å². The molecule has 1 saturated heterocycles. The lowest BCUT2D eigenvalue weighted by Crippen LogP contribution is -2.43. The van der Waals surface area contributed by atoms with Gasteiger partial charge in [0.25, 0.3) is 0 Å². The maximum absolute atomic E-state index is 3.59. The minimum atomic E-state index is 1.06. The van der Waals surface area contributed by atoms with Gasteiger partial charge in [-0.15, -0.1) is 0 Å². The second-order valence-electron chi connectivity index (χ2n) is 5.63. The first-order chi connectivity index (χ1) is 8.45. The van der Waals surface area contributed by atoms with Gasteiger partial charge in [0.15, 0.2) is 0 Å². The molecule has 0 aromatic rings. The van der Waals surface area contributed by atoms with E-state index < -0.39 is 0 Å². The van der Waals surface area contributed by atoms with E-state index in [0.29, 0.717) is 0 Å². The predicted octanol–water partition coefficient (Wildman–Crippen LogP) is 1.45. The van der Waals surface area contributed by atoms with Crippen LogP contribution >= 0.6 is 0 Å². The van der Waals surface area contributed by atoms with Gasteiger partial charge < -0.3 is 15.5 Å². The van der Waals surface area contributed by atoms with E-state index in [4.69, 9.17) is 0 Å². The minimum Gasteiger partial charge on any atom is -0.317 e. The molecule has 0 aromatic carbocycles. The van der Waals surface area contributed by atoms with Crippen LogP contribution in [-0.4, -0.2) is 50.7 Å². The number of nitrogens with one attached hydrogen (secondary N) is 2. The first-order valence-electron chi connectivity index (χ1n) is 7.59. The van der Waals surface area contributed by atoms with Gasteiger partial charge >= 0.3 is 0 Å². The van der Waals surface area contributed by atoms with Gasteiger partial charge in [-0.3, -0.25) is 0 Å². The summed E-state index contributed by atoms with van der Waals surface area (Å²) in [5.74, 6) is 1.06. The molecule has 0 atom stereocenters. The van der Waals surface area contributed by atoms with Crippen molar-refractivity contribution in [3.8, 4) is 0 Å². The van der Waals surface area contributed by atoms with Gasteiger partial charge in [0.05, 0.1) is 0 Å². The molecule has 0 bridgehead atoms. The van der Waals surface area contributed by atoms with Crippen molar-refractivity contribution in [1.29, 1.82) is 0 Å². The van der Waals surface area contributed by atoms with Crippen molar-refractivity contribution < 1.29 is 0 Å². The Morgan fingerprint density at radius 2 is 1.88 bits per heavy atom. The predicted molar refractivity (Wildman–Crippen MR) is 73.4 cm³/mol. The lowest BCUT2D eigenvalue weighted by Gasteiger charge is -2.27. The first-order valence-corrected chi connectivity index (χ1v) is 7.59. The quantitative estimate of drug-likeness (QED) is 0.628. The lowest BCUT2D eigenvalue weighted by molar-refractivity contribution is 0.236. The van der Waals surface area contributed by atoms with Crippen LogP contribution in [0, 0.1) is 5.92 Å². The summed E-state index contributed by atoms with van der Waals surface area (Å²) in [6.07, 6.45) is 8.58. The highest BCUT2D eigenvalue weighted by molar-refractivity contribution is 4.70. The summed E-state index contributed by atoms with van der Waals surface area (Å²) >= 11 is 0. The summed E-state index contributed by atoms with van der Waals surface area (Å²) in [4.78, 5) is 2.59. The molecule has 100 valence electrons. The van der Waals surface area contributed by atoms with Crippen LogP contribution in [-0.2, 0) is 0 Å². The Morgan fingerprint density at radius 3 is 2.59 bits per heavy atom. The van der Waals surface area contributed by atoms with Crippen molar-refractivity contribution in [1.82, 2.24) is 15.5 Å². The molecule has 0 spiro atoms. The Labute approximate surface area is 106 Å². The fourth-order valence-electron chi connectivity index (χ4n) is 2.73. The van der Waals surface area contributed by atoms with Crippen LogP contribution in [0.5, 0.6) is 0 Å². The summed E-state index contributed by atoms with van der Waals surface area (Å²) in [7, 11) is 0. The van der Waals surface area contributed by atoms with Crippen molar-refractivity contribution in [2.24, 2.45) is 5.92 Å². The number of unbranched alkanes of at least 4 members (excludes halogenated alkanes) is 1. The lowest BCUT2D eigenvalue weighted by atomic mass is 9.83. The van der Waals surface area contributed by atoms with Crippen LogP contribution in [0.3, 0.4) is 0 Å². The van der Waals surface area contributed by atoms with Crippen molar-refractivity contribution >= 4 is 0 Å². The van der Waals surface area contributed by atoms with Gasteiger partial charge in [0, 0.05) is 26.2 Å². The first kappa shape index (κ1) is 13.3. The van der Waals surface area contributed by atoms with Crippen molar-refractivity contribution in [2.75, 3.05) is 45.8 Å². The standard InChI is InChI=1S/C14H29N3/c1(2-11-17-12-9-16-10-13-17)7-15-8-6-14-4-3-5-14/h14-16H,1-13H2. The van der Waals surface area contributed by atoms with Crippen LogP contribution in [0.4, 0.5) is 0 Å². The SMILES string of the molecule is C(CCN1CCNCC1)CNCCC1CCC1. The van der Waals surface area contributed by atoms with E-state index in [0.717, 1.165) is 5.92 Å². The van der Waals surface area contributed by atoms with Gasteiger partial charge in [-0.05, 0) is 44.8 Å². The Bertz CT molecular complexity index is 186. The molecule has 2 aliphatic rings. The van der Waals surface area contributed by atoms with E-state index in [-0.39, 0.29) is 0 Å². The summed E-state index contributed by atoms with van der Waals surface area (Å²) in [6.45, 7) is 8.62. The largest absolute Gasteiger partial charge is 0.317 e. The Balaban J connectivity index is 1.33. The molecule has 3 heteroatoms. The fraction of sp³-hybridized carbons (Fsp3) is 1.00. The van der Waals surface area contributed by atoms with E-state index >= 15 is 0 Å². The van der Waals surface area contributed by atoms with Crippen molar-refractivity contribution in [2.45, 2.75) is 38.5 Å². The number of nitrogens with zero attached hydrogens (tertiary/aromatic N) is 1. The summed E-state index contributed by atoms with van der Waals surface area (Å²) < 4.78 is 0. The third kappa shape index (κ3) is 5.36. The molecular formula is C14H29N3. The molecule has 0 amide bonds. The fourth-order valence-corrected chi connectivity index (χ4v) is 2.73. The molecule has 0 radical (unpaired) electrons. The Morgan fingerprint density at radius 1 is 1.06 bits per heavy atom. The van der Waals surface area contributed by atoms with Gasteiger partial charge in [0.1, 0.15) is 0 Å². The molecule has 17 heavy (non-hydrogen) atoms. The highest BCUT2D eigenvalue weighted by Crippen LogP contribution is 2.28. The smallest absolute Gasteiger partial charge is 0.0107 e. The third-order valence-electron chi connectivity index (χ3n) is 4.24. The average molecular weight is 239 g/mol. The highest BCUT2D eigenvalue weighted by atomic mass is 15.2. The normalized spacial score (nSPS) is 22.6. The van der Waals surface area contributed by atoms with Gasteiger partial charge in [-0.25, -0.2) is 0 Å².